The van der Waals surface area contributed by atoms with Crippen LogP contribution in [0.4, 0.5) is 24.7 Å². The summed E-state index contributed by atoms with van der Waals surface area (Å²) in [6.45, 7) is 5.73. The topological polar surface area (TPSA) is 119 Å². The molecule has 2 aromatic heterocycles. The molecular weight excluding hydrogens is 461 g/mol. The number of benzene rings is 1. The van der Waals surface area contributed by atoms with Crippen LogP contribution in [0.2, 0.25) is 0 Å². The van der Waals surface area contributed by atoms with E-state index in [-0.39, 0.29) is 30.2 Å². The molecule has 0 bridgehead atoms. The molecule has 2 aliphatic rings. The van der Waals surface area contributed by atoms with Gasteiger partial charge in [0.05, 0.1) is 23.5 Å². The number of hydrogen-bond acceptors (Lipinski definition) is 8. The summed E-state index contributed by atoms with van der Waals surface area (Å²) in [5.41, 5.74) is 6.34. The third-order valence-corrected chi connectivity index (χ3v) is 6.34. The van der Waals surface area contributed by atoms with E-state index >= 15 is 0 Å². The molecule has 1 fully saturated rings. The first-order valence-electron chi connectivity index (χ1n) is 11.1. The van der Waals surface area contributed by atoms with Gasteiger partial charge in [-0.3, -0.25) is 9.98 Å². The second kappa shape index (κ2) is 7.65. The van der Waals surface area contributed by atoms with E-state index in [4.69, 9.17) is 15.9 Å². The number of nitrogens with zero attached hydrogens (tertiary/aromatic N) is 6. The van der Waals surface area contributed by atoms with E-state index in [9.17, 15) is 13.2 Å². The number of anilines is 2. The van der Waals surface area contributed by atoms with E-state index in [1.54, 1.807) is 43.0 Å². The fourth-order valence-electron chi connectivity index (χ4n) is 4.34. The molecular formula is C23H25F3N8O. The van der Waals surface area contributed by atoms with Crippen LogP contribution in [-0.2, 0) is 18.3 Å². The highest BCUT2D eigenvalue weighted by Crippen LogP contribution is 2.40. The Morgan fingerprint density at radius 1 is 1.11 bits per heavy atom. The summed E-state index contributed by atoms with van der Waals surface area (Å²) in [5, 5.41) is 15.9. The van der Waals surface area contributed by atoms with E-state index in [0.29, 0.717) is 28.5 Å². The van der Waals surface area contributed by atoms with Crippen LogP contribution < -0.4 is 15.4 Å². The van der Waals surface area contributed by atoms with Gasteiger partial charge in [0, 0.05) is 23.9 Å². The second-order valence-corrected chi connectivity index (χ2v) is 9.88. The summed E-state index contributed by atoms with van der Waals surface area (Å²) in [6.07, 6.45) is -1.32. The van der Waals surface area contributed by atoms with Gasteiger partial charge in [0.1, 0.15) is 23.5 Å². The van der Waals surface area contributed by atoms with E-state index < -0.39 is 17.5 Å². The number of rotatable bonds is 5. The van der Waals surface area contributed by atoms with Gasteiger partial charge in [-0.2, -0.15) is 13.2 Å². The predicted octanol–water partition coefficient (Wildman–Crippen LogP) is 3.77. The molecule has 0 radical (unpaired) electrons. The summed E-state index contributed by atoms with van der Waals surface area (Å²) >= 11 is 0. The van der Waals surface area contributed by atoms with Crippen molar-refractivity contribution >= 4 is 17.2 Å². The summed E-state index contributed by atoms with van der Waals surface area (Å²) in [5.74, 6) is 0.268. The molecule has 9 nitrogen and oxygen atoms in total. The molecule has 1 saturated carbocycles. The lowest BCUT2D eigenvalue weighted by Crippen LogP contribution is -2.48. The Hall–Kier alpha value is -3.70. The average Bonchev–Trinajstić information content (AvgIpc) is 3.32. The molecule has 1 aliphatic heterocycles. The van der Waals surface area contributed by atoms with Gasteiger partial charge in [0.25, 0.3) is 0 Å². The third-order valence-electron chi connectivity index (χ3n) is 6.34. The molecule has 35 heavy (non-hydrogen) atoms. The highest BCUT2D eigenvalue weighted by molar-refractivity contribution is 6.13. The van der Waals surface area contributed by atoms with Crippen molar-refractivity contribution in [1.82, 2.24) is 24.7 Å². The molecule has 184 valence electrons. The van der Waals surface area contributed by atoms with Crippen molar-refractivity contribution < 1.29 is 17.9 Å². The summed E-state index contributed by atoms with van der Waals surface area (Å²) in [6, 6.07) is 6.84. The molecule has 3 N–H and O–H groups in total. The number of halogens is 3. The molecule has 0 spiro atoms. The maximum absolute atomic E-state index is 13.4. The zero-order chi connectivity index (χ0) is 25.2. The molecule has 3 aromatic rings. The standard InChI is InChI=1S/C23H25F3N8O/c1-21(2)11-33(10-18-31-32-20(34(18)21)23(24,25)26)17-9-16(29-12-30-17)19(28)14-8-13(4-5-15(14)27)35-22(3)6-7-22/h4-5,8-9,12,28H,6-7,10-11,27H2,1-3H3. The lowest BCUT2D eigenvalue weighted by atomic mass is 10.0. The summed E-state index contributed by atoms with van der Waals surface area (Å²) in [4.78, 5) is 10.4. The van der Waals surface area contributed by atoms with Crippen molar-refractivity contribution in [1.29, 1.82) is 5.41 Å². The van der Waals surface area contributed by atoms with Gasteiger partial charge in [0.2, 0.25) is 5.82 Å². The fraction of sp³-hybridized carbons (Fsp3) is 0.435. The Bertz CT molecular complexity index is 1310. The van der Waals surface area contributed by atoms with Crippen molar-refractivity contribution in [2.24, 2.45) is 0 Å². The van der Waals surface area contributed by atoms with Crippen molar-refractivity contribution in [3.63, 3.8) is 0 Å². The second-order valence-electron chi connectivity index (χ2n) is 9.88. The third kappa shape index (κ3) is 4.28. The molecule has 1 aromatic carbocycles. The van der Waals surface area contributed by atoms with Gasteiger partial charge in [0.15, 0.2) is 5.82 Å². The fourth-order valence-corrected chi connectivity index (χ4v) is 4.34. The van der Waals surface area contributed by atoms with Gasteiger partial charge in [-0.1, -0.05) is 0 Å². The molecule has 0 amide bonds. The van der Waals surface area contributed by atoms with Gasteiger partial charge >= 0.3 is 6.18 Å². The minimum Gasteiger partial charge on any atom is -0.488 e. The number of hydrogen-bond donors (Lipinski definition) is 2. The van der Waals surface area contributed by atoms with Crippen molar-refractivity contribution in [2.75, 3.05) is 17.2 Å². The van der Waals surface area contributed by atoms with E-state index in [0.717, 1.165) is 17.4 Å². The van der Waals surface area contributed by atoms with Crippen LogP contribution in [0.25, 0.3) is 0 Å². The monoisotopic (exact) mass is 486 g/mol. The van der Waals surface area contributed by atoms with Gasteiger partial charge in [-0.05, 0) is 51.8 Å². The quantitative estimate of drug-likeness (QED) is 0.416. The highest BCUT2D eigenvalue weighted by Gasteiger charge is 2.45. The normalized spacial score (nSPS) is 18.2. The minimum absolute atomic E-state index is 0.0837. The predicted molar refractivity (Wildman–Crippen MR) is 122 cm³/mol. The maximum atomic E-state index is 13.4. The first-order valence-corrected chi connectivity index (χ1v) is 11.1. The van der Waals surface area contributed by atoms with Crippen LogP contribution >= 0.6 is 0 Å². The van der Waals surface area contributed by atoms with Crippen molar-refractivity contribution in [3.8, 4) is 5.75 Å². The van der Waals surface area contributed by atoms with Crippen molar-refractivity contribution in [2.45, 2.75) is 57.5 Å². The molecule has 3 heterocycles. The van der Waals surface area contributed by atoms with Crippen LogP contribution in [0.3, 0.4) is 0 Å². The largest absolute Gasteiger partial charge is 0.488 e. The zero-order valence-corrected chi connectivity index (χ0v) is 19.5. The summed E-state index contributed by atoms with van der Waals surface area (Å²) in [7, 11) is 0. The number of nitrogen functional groups attached to an aromatic ring is 1. The Morgan fingerprint density at radius 3 is 2.54 bits per heavy atom. The molecule has 1 aliphatic carbocycles. The van der Waals surface area contributed by atoms with E-state index in [2.05, 4.69) is 20.2 Å². The molecule has 0 saturated heterocycles. The van der Waals surface area contributed by atoms with E-state index in [1.165, 1.54) is 6.33 Å². The van der Waals surface area contributed by atoms with Crippen LogP contribution in [0, 0.1) is 5.41 Å². The van der Waals surface area contributed by atoms with Gasteiger partial charge in [-0.15, -0.1) is 10.2 Å². The Morgan fingerprint density at radius 2 is 1.86 bits per heavy atom. The SMILES string of the molecule is CC1(Oc2ccc(N)c(C(=N)c3cc(N4Cc5nnc(C(F)(F)F)n5C(C)(C)C4)ncn3)c2)CC1. The first kappa shape index (κ1) is 23.1. The van der Waals surface area contributed by atoms with E-state index in [1.807, 2.05) is 6.92 Å². The first-order chi connectivity index (χ1) is 16.4. The lowest BCUT2D eigenvalue weighted by Gasteiger charge is -2.40. The van der Waals surface area contributed by atoms with Crippen LogP contribution in [-0.4, -0.2) is 42.6 Å². The number of aromatic nitrogens is 5. The number of nitrogens with two attached hydrogens (primary N) is 1. The minimum atomic E-state index is -4.60. The molecule has 5 rings (SSSR count). The van der Waals surface area contributed by atoms with Crippen molar-refractivity contribution in [3.05, 3.63) is 53.5 Å². The van der Waals surface area contributed by atoms with Gasteiger partial charge in [-0.25, -0.2) is 9.97 Å². The summed E-state index contributed by atoms with van der Waals surface area (Å²) < 4.78 is 47.4. The van der Waals surface area contributed by atoms with Gasteiger partial charge < -0.3 is 15.4 Å². The number of fused-ring (bicyclic) bond motifs is 1. The number of alkyl halides is 3. The average molecular weight is 487 g/mol. The smallest absolute Gasteiger partial charge is 0.451 e. The Labute approximate surface area is 199 Å². The maximum Gasteiger partial charge on any atom is 0.451 e. The molecule has 12 heteroatoms. The molecule has 0 unspecified atom stereocenters. The number of ether oxygens (including phenoxy) is 1. The van der Waals surface area contributed by atoms with Crippen LogP contribution in [0.1, 0.15) is 56.5 Å². The van der Waals surface area contributed by atoms with Crippen LogP contribution in [0.15, 0.2) is 30.6 Å². The highest BCUT2D eigenvalue weighted by atomic mass is 19.4. The number of nitrogens with one attached hydrogen (secondary N) is 1. The Balaban J connectivity index is 1.44. The zero-order valence-electron chi connectivity index (χ0n) is 19.5. The lowest BCUT2D eigenvalue weighted by molar-refractivity contribution is -0.149. The molecule has 0 atom stereocenters. The van der Waals surface area contributed by atoms with Crippen LogP contribution in [0.5, 0.6) is 5.75 Å². The Kier molecular flexibility index (Phi) is 5.04.